The smallest absolute Gasteiger partial charge is 0.222 e. The summed E-state index contributed by atoms with van der Waals surface area (Å²) < 4.78 is 11.6. The number of aryl methyl sites for hydroxylation is 4. The molecule has 0 aliphatic carbocycles. The predicted octanol–water partition coefficient (Wildman–Crippen LogP) is 4.74. The van der Waals surface area contributed by atoms with Gasteiger partial charge in [0.15, 0.2) is 11.7 Å². The van der Waals surface area contributed by atoms with Crippen LogP contribution in [0.3, 0.4) is 0 Å². The highest BCUT2D eigenvalue weighted by molar-refractivity contribution is 5.76. The second-order valence-corrected chi connectivity index (χ2v) is 7.47. The van der Waals surface area contributed by atoms with Crippen molar-refractivity contribution in [3.8, 4) is 17.1 Å². The number of ether oxygens (including phenoxy) is 1. The molecule has 1 heterocycles. The lowest BCUT2D eigenvalue weighted by atomic mass is 10.1. The lowest BCUT2D eigenvalue weighted by molar-refractivity contribution is -0.130. The monoisotopic (exact) mass is 392 g/mol. The van der Waals surface area contributed by atoms with Crippen molar-refractivity contribution in [1.82, 2.24) is 9.88 Å². The van der Waals surface area contributed by atoms with Crippen molar-refractivity contribution in [2.45, 2.75) is 33.6 Å². The number of oxazole rings is 1. The van der Waals surface area contributed by atoms with Crippen LogP contribution in [0.2, 0.25) is 0 Å². The third-order valence-corrected chi connectivity index (χ3v) is 4.76. The molecule has 0 unspecified atom stereocenters. The maximum absolute atomic E-state index is 12.4. The summed E-state index contributed by atoms with van der Waals surface area (Å²) in [4.78, 5) is 18.4. The summed E-state index contributed by atoms with van der Waals surface area (Å²) in [5.74, 6) is 2.19. The number of amides is 1. The molecule has 0 aliphatic heterocycles. The minimum absolute atomic E-state index is 0.0455. The van der Waals surface area contributed by atoms with E-state index in [2.05, 4.69) is 11.1 Å². The Hall–Kier alpha value is -3.08. The minimum atomic E-state index is 0.0455. The van der Waals surface area contributed by atoms with E-state index in [0.29, 0.717) is 31.9 Å². The van der Waals surface area contributed by atoms with Crippen molar-refractivity contribution in [3.63, 3.8) is 0 Å². The predicted molar refractivity (Wildman–Crippen MR) is 114 cm³/mol. The summed E-state index contributed by atoms with van der Waals surface area (Å²) in [5, 5.41) is 0. The number of carbonyl (C=O) groups excluding carboxylic acids is 1. The Labute approximate surface area is 172 Å². The number of likely N-dealkylation sites (N-methyl/N-ethyl adjacent to an activating group) is 1. The second kappa shape index (κ2) is 9.41. The van der Waals surface area contributed by atoms with E-state index in [1.165, 1.54) is 16.7 Å². The van der Waals surface area contributed by atoms with Gasteiger partial charge in [-0.15, -0.1) is 0 Å². The van der Waals surface area contributed by atoms with Crippen LogP contribution in [0.1, 0.15) is 29.0 Å². The van der Waals surface area contributed by atoms with E-state index in [-0.39, 0.29) is 5.91 Å². The summed E-state index contributed by atoms with van der Waals surface area (Å²) in [6.45, 7) is 7.13. The van der Waals surface area contributed by atoms with Gasteiger partial charge in [-0.3, -0.25) is 4.79 Å². The van der Waals surface area contributed by atoms with Crippen LogP contribution >= 0.6 is 0 Å². The van der Waals surface area contributed by atoms with Crippen LogP contribution < -0.4 is 4.74 Å². The fraction of sp³-hybridized carbons (Fsp3) is 0.333. The van der Waals surface area contributed by atoms with E-state index >= 15 is 0 Å². The Morgan fingerprint density at radius 3 is 2.41 bits per heavy atom. The molecule has 0 saturated carbocycles. The highest BCUT2D eigenvalue weighted by Crippen LogP contribution is 2.21. The Balaban J connectivity index is 1.44. The SMILES string of the molecule is Cc1ccc(-c2cnc(CCC(=O)N(C)CCOc3cc(C)cc(C)c3)o2)cc1. The Bertz CT molecular complexity index is 940. The van der Waals surface area contributed by atoms with Gasteiger partial charge in [0.2, 0.25) is 5.91 Å². The lowest BCUT2D eigenvalue weighted by Gasteiger charge is -2.17. The lowest BCUT2D eigenvalue weighted by Crippen LogP contribution is -2.31. The third kappa shape index (κ3) is 5.95. The van der Waals surface area contributed by atoms with Crippen molar-refractivity contribution >= 4 is 5.91 Å². The molecule has 0 saturated heterocycles. The van der Waals surface area contributed by atoms with Gasteiger partial charge in [-0.05, 0) is 44.0 Å². The summed E-state index contributed by atoms with van der Waals surface area (Å²) in [6, 6.07) is 14.2. The largest absolute Gasteiger partial charge is 0.492 e. The number of aromatic nitrogens is 1. The first kappa shape index (κ1) is 20.6. The molecule has 152 valence electrons. The molecule has 1 aromatic heterocycles. The zero-order valence-electron chi connectivity index (χ0n) is 17.6. The molecule has 3 rings (SSSR count). The zero-order valence-corrected chi connectivity index (χ0v) is 17.6. The fourth-order valence-corrected chi connectivity index (χ4v) is 3.12. The van der Waals surface area contributed by atoms with Crippen molar-refractivity contribution in [2.75, 3.05) is 20.2 Å². The van der Waals surface area contributed by atoms with Crippen LogP contribution in [0, 0.1) is 20.8 Å². The van der Waals surface area contributed by atoms with Gasteiger partial charge in [0.05, 0.1) is 12.7 Å². The van der Waals surface area contributed by atoms with Crippen LogP contribution in [0.15, 0.2) is 53.1 Å². The molecule has 0 bridgehead atoms. The summed E-state index contributed by atoms with van der Waals surface area (Å²) in [7, 11) is 1.79. The molecule has 0 fully saturated rings. The molecule has 0 N–H and O–H groups in total. The summed E-state index contributed by atoms with van der Waals surface area (Å²) in [5.41, 5.74) is 4.52. The standard InChI is InChI=1S/C24H28N2O3/c1-17-5-7-20(8-6-17)22-16-25-23(29-22)9-10-24(27)26(4)11-12-28-21-14-18(2)13-19(3)15-21/h5-8,13-16H,9-12H2,1-4H3. The van der Waals surface area contributed by atoms with Crippen LogP contribution in [-0.2, 0) is 11.2 Å². The van der Waals surface area contributed by atoms with Gasteiger partial charge >= 0.3 is 0 Å². The molecule has 5 heteroatoms. The minimum Gasteiger partial charge on any atom is -0.492 e. The van der Waals surface area contributed by atoms with E-state index in [1.54, 1.807) is 18.1 Å². The number of rotatable bonds is 8. The first-order valence-electron chi connectivity index (χ1n) is 9.87. The maximum atomic E-state index is 12.4. The number of carbonyl (C=O) groups is 1. The van der Waals surface area contributed by atoms with Gasteiger partial charge in [-0.1, -0.05) is 35.9 Å². The second-order valence-electron chi connectivity index (χ2n) is 7.47. The quantitative estimate of drug-likeness (QED) is 0.556. The molecule has 0 aliphatic rings. The van der Waals surface area contributed by atoms with E-state index in [1.807, 2.05) is 57.2 Å². The molecule has 0 spiro atoms. The Kier molecular flexibility index (Phi) is 6.70. The summed E-state index contributed by atoms with van der Waals surface area (Å²) in [6.07, 6.45) is 2.55. The molecule has 0 radical (unpaired) electrons. The van der Waals surface area contributed by atoms with Crippen LogP contribution in [0.25, 0.3) is 11.3 Å². The van der Waals surface area contributed by atoms with Gasteiger partial charge in [0.1, 0.15) is 12.4 Å². The van der Waals surface area contributed by atoms with Crippen molar-refractivity contribution in [2.24, 2.45) is 0 Å². The van der Waals surface area contributed by atoms with Crippen molar-refractivity contribution in [3.05, 3.63) is 71.2 Å². The Morgan fingerprint density at radius 1 is 1.03 bits per heavy atom. The van der Waals surface area contributed by atoms with Crippen LogP contribution in [-0.4, -0.2) is 36.0 Å². The molecule has 29 heavy (non-hydrogen) atoms. The molecular weight excluding hydrogens is 364 g/mol. The first-order valence-corrected chi connectivity index (χ1v) is 9.87. The van der Waals surface area contributed by atoms with Gasteiger partial charge in [0, 0.05) is 25.5 Å². The van der Waals surface area contributed by atoms with E-state index in [9.17, 15) is 4.79 Å². The number of hydrogen-bond acceptors (Lipinski definition) is 4. The Morgan fingerprint density at radius 2 is 1.72 bits per heavy atom. The fourth-order valence-electron chi connectivity index (χ4n) is 3.12. The third-order valence-electron chi connectivity index (χ3n) is 4.76. The average molecular weight is 392 g/mol. The molecule has 0 atom stereocenters. The number of benzene rings is 2. The molecule has 2 aromatic carbocycles. The topological polar surface area (TPSA) is 55.6 Å². The van der Waals surface area contributed by atoms with Gasteiger partial charge in [-0.2, -0.15) is 0 Å². The van der Waals surface area contributed by atoms with Crippen molar-refractivity contribution in [1.29, 1.82) is 0 Å². The number of hydrogen-bond donors (Lipinski definition) is 0. The first-order chi connectivity index (χ1) is 13.9. The van der Waals surface area contributed by atoms with Gasteiger partial charge in [0.25, 0.3) is 0 Å². The average Bonchev–Trinajstić information content (AvgIpc) is 3.15. The van der Waals surface area contributed by atoms with E-state index < -0.39 is 0 Å². The molecular formula is C24H28N2O3. The molecule has 1 amide bonds. The van der Waals surface area contributed by atoms with E-state index in [0.717, 1.165) is 17.1 Å². The highest BCUT2D eigenvalue weighted by atomic mass is 16.5. The van der Waals surface area contributed by atoms with Gasteiger partial charge < -0.3 is 14.1 Å². The molecule has 5 nitrogen and oxygen atoms in total. The van der Waals surface area contributed by atoms with Crippen LogP contribution in [0.5, 0.6) is 5.75 Å². The summed E-state index contributed by atoms with van der Waals surface area (Å²) >= 11 is 0. The highest BCUT2D eigenvalue weighted by Gasteiger charge is 2.12. The zero-order chi connectivity index (χ0) is 20.8. The maximum Gasteiger partial charge on any atom is 0.222 e. The number of nitrogens with zero attached hydrogens (tertiary/aromatic N) is 2. The van der Waals surface area contributed by atoms with Gasteiger partial charge in [-0.25, -0.2) is 4.98 Å². The van der Waals surface area contributed by atoms with Crippen LogP contribution in [0.4, 0.5) is 0 Å². The molecule has 3 aromatic rings. The van der Waals surface area contributed by atoms with E-state index in [4.69, 9.17) is 9.15 Å². The van der Waals surface area contributed by atoms with Crippen molar-refractivity contribution < 1.29 is 13.9 Å². The normalized spacial score (nSPS) is 10.8.